The van der Waals surface area contributed by atoms with Crippen LogP contribution in [0.1, 0.15) is 20.3 Å². The summed E-state index contributed by atoms with van der Waals surface area (Å²) in [6.45, 7) is 3.25. The van der Waals surface area contributed by atoms with Gasteiger partial charge in [0.25, 0.3) is 0 Å². The maximum absolute atomic E-state index is 12.4. The standard InChI is InChI=1S/C17H20O7/c1-7-13(20)9(3-4-17(7,2)23)16-15(22)14(21)12-10(19)5-8(18)6-11(12)24-16/h3,5-7,11-13,18-20,22-23H,4H2,1-2H3/t7?,11?,12?,13-,17?/m1/s1. The van der Waals surface area contributed by atoms with Crippen LogP contribution < -0.4 is 0 Å². The van der Waals surface area contributed by atoms with Gasteiger partial charge in [-0.15, -0.1) is 0 Å². The normalized spacial score (nSPS) is 39.5. The van der Waals surface area contributed by atoms with Crippen molar-refractivity contribution in [1.29, 1.82) is 0 Å². The first-order valence-electron chi connectivity index (χ1n) is 7.70. The number of aliphatic hydroxyl groups excluding tert-OH is 4. The van der Waals surface area contributed by atoms with Crippen LogP contribution in [0.3, 0.4) is 0 Å². The average molecular weight is 336 g/mol. The molecule has 0 fully saturated rings. The van der Waals surface area contributed by atoms with Crippen LogP contribution in [-0.4, -0.2) is 49.1 Å². The Morgan fingerprint density at radius 2 is 1.96 bits per heavy atom. The number of allylic oxidation sites excluding steroid dienone is 2. The number of ether oxygens (including phenoxy) is 1. The van der Waals surface area contributed by atoms with Gasteiger partial charge in [-0.05, 0) is 19.4 Å². The number of carbonyl (C=O) groups excluding carboxylic acids is 1. The van der Waals surface area contributed by atoms with E-state index >= 15 is 0 Å². The lowest BCUT2D eigenvalue weighted by atomic mass is 9.75. The van der Waals surface area contributed by atoms with E-state index in [2.05, 4.69) is 0 Å². The Kier molecular flexibility index (Phi) is 3.73. The summed E-state index contributed by atoms with van der Waals surface area (Å²) in [6.07, 6.45) is 1.89. The first-order valence-corrected chi connectivity index (χ1v) is 7.70. The van der Waals surface area contributed by atoms with Crippen LogP contribution in [0.5, 0.6) is 0 Å². The molecule has 2 aliphatic carbocycles. The molecule has 4 unspecified atom stereocenters. The number of aliphatic hydroxyl groups is 5. The second kappa shape index (κ2) is 5.39. The highest BCUT2D eigenvalue weighted by atomic mass is 16.5. The fourth-order valence-corrected chi connectivity index (χ4v) is 3.22. The number of hydrogen-bond donors (Lipinski definition) is 5. The largest absolute Gasteiger partial charge is 0.511 e. The lowest BCUT2D eigenvalue weighted by Gasteiger charge is -2.40. The van der Waals surface area contributed by atoms with Gasteiger partial charge in [-0.1, -0.05) is 13.0 Å². The van der Waals surface area contributed by atoms with Gasteiger partial charge >= 0.3 is 0 Å². The predicted octanol–water partition coefficient (Wildman–Crippen LogP) is 1.32. The van der Waals surface area contributed by atoms with Gasteiger partial charge in [0.2, 0.25) is 11.5 Å². The van der Waals surface area contributed by atoms with Crippen LogP contribution in [0.4, 0.5) is 0 Å². The van der Waals surface area contributed by atoms with Gasteiger partial charge < -0.3 is 30.3 Å². The summed E-state index contributed by atoms with van der Waals surface area (Å²) in [5.41, 5.74) is -0.912. The molecule has 0 aromatic carbocycles. The van der Waals surface area contributed by atoms with Crippen LogP contribution in [0.25, 0.3) is 0 Å². The molecule has 3 rings (SSSR count). The van der Waals surface area contributed by atoms with Gasteiger partial charge in [-0.3, -0.25) is 4.79 Å². The zero-order chi connectivity index (χ0) is 17.8. The molecule has 0 aromatic heterocycles. The second-order valence-electron chi connectivity index (χ2n) is 6.72. The SMILES string of the molecule is CC1[C@@H](O)C(C2=C(O)C(=O)C3C(O)=CC(O)=CC3O2)=CCC1(C)O. The van der Waals surface area contributed by atoms with Gasteiger partial charge in [0, 0.05) is 17.6 Å². The van der Waals surface area contributed by atoms with E-state index in [4.69, 9.17) is 4.74 Å². The Labute approximate surface area is 138 Å². The molecule has 0 amide bonds. The van der Waals surface area contributed by atoms with Crippen LogP contribution in [0.2, 0.25) is 0 Å². The predicted molar refractivity (Wildman–Crippen MR) is 82.9 cm³/mol. The molecule has 7 heteroatoms. The average Bonchev–Trinajstić information content (AvgIpc) is 2.48. The van der Waals surface area contributed by atoms with Crippen LogP contribution >= 0.6 is 0 Å². The summed E-state index contributed by atoms with van der Waals surface area (Å²) < 4.78 is 5.60. The lowest BCUT2D eigenvalue weighted by molar-refractivity contribution is -0.127. The number of carbonyl (C=O) groups is 1. The van der Waals surface area contributed by atoms with Gasteiger partial charge in [-0.2, -0.15) is 0 Å². The zero-order valence-corrected chi connectivity index (χ0v) is 13.3. The maximum atomic E-state index is 12.4. The van der Waals surface area contributed by atoms with Crippen molar-refractivity contribution in [1.82, 2.24) is 0 Å². The van der Waals surface area contributed by atoms with Gasteiger partial charge in [-0.25, -0.2) is 0 Å². The molecule has 130 valence electrons. The van der Waals surface area contributed by atoms with Gasteiger partial charge in [0.05, 0.1) is 11.7 Å². The van der Waals surface area contributed by atoms with E-state index in [1.54, 1.807) is 13.8 Å². The second-order valence-corrected chi connectivity index (χ2v) is 6.72. The maximum Gasteiger partial charge on any atom is 0.215 e. The molecular weight excluding hydrogens is 316 g/mol. The fourth-order valence-electron chi connectivity index (χ4n) is 3.22. The first kappa shape index (κ1) is 16.6. The van der Waals surface area contributed by atoms with Crippen molar-refractivity contribution >= 4 is 5.78 Å². The summed E-state index contributed by atoms with van der Waals surface area (Å²) in [5, 5.41) is 50.3. The van der Waals surface area contributed by atoms with E-state index < -0.39 is 46.9 Å². The Morgan fingerprint density at radius 3 is 2.62 bits per heavy atom. The van der Waals surface area contributed by atoms with Crippen molar-refractivity contribution in [2.45, 2.75) is 38.1 Å². The zero-order valence-electron chi connectivity index (χ0n) is 13.3. The molecule has 5 N–H and O–H groups in total. The highest BCUT2D eigenvalue weighted by Gasteiger charge is 2.47. The van der Waals surface area contributed by atoms with Crippen molar-refractivity contribution < 1.29 is 35.1 Å². The molecule has 1 heterocycles. The lowest BCUT2D eigenvalue weighted by Crippen LogP contribution is -2.46. The van der Waals surface area contributed by atoms with Gasteiger partial charge in [0.15, 0.2) is 5.76 Å². The van der Waals surface area contributed by atoms with Crippen molar-refractivity contribution in [3.05, 3.63) is 46.8 Å². The molecule has 0 saturated carbocycles. The third-order valence-corrected chi connectivity index (χ3v) is 5.03. The van der Waals surface area contributed by atoms with E-state index in [1.807, 2.05) is 0 Å². The summed E-state index contributed by atoms with van der Waals surface area (Å²) in [4.78, 5) is 12.4. The minimum absolute atomic E-state index is 0.185. The van der Waals surface area contributed by atoms with Gasteiger partial charge in [0.1, 0.15) is 23.5 Å². The molecule has 0 saturated heterocycles. The quantitative estimate of drug-likeness (QED) is 0.488. The molecule has 1 aliphatic heterocycles. The minimum Gasteiger partial charge on any atom is -0.511 e. The molecular formula is C17H20O7. The number of Topliss-reactive ketones (excluding diaryl/α,β-unsaturated/α-hetero) is 1. The number of rotatable bonds is 1. The van der Waals surface area contributed by atoms with E-state index in [0.29, 0.717) is 0 Å². The molecule has 0 radical (unpaired) electrons. The summed E-state index contributed by atoms with van der Waals surface area (Å²) in [6, 6.07) is 0. The molecule has 24 heavy (non-hydrogen) atoms. The van der Waals surface area contributed by atoms with Crippen molar-refractivity contribution in [2.75, 3.05) is 0 Å². The number of ketones is 1. The Morgan fingerprint density at radius 1 is 1.29 bits per heavy atom. The number of hydrogen-bond acceptors (Lipinski definition) is 7. The third kappa shape index (κ3) is 2.40. The van der Waals surface area contributed by atoms with E-state index in [9.17, 15) is 30.3 Å². The first-order chi connectivity index (χ1) is 11.1. The summed E-state index contributed by atoms with van der Waals surface area (Å²) in [5.74, 6) is -3.96. The third-order valence-electron chi connectivity index (χ3n) is 5.03. The summed E-state index contributed by atoms with van der Waals surface area (Å²) in [7, 11) is 0. The van der Waals surface area contributed by atoms with Crippen LogP contribution in [-0.2, 0) is 9.53 Å². The Hall–Kier alpha value is -2.25. The van der Waals surface area contributed by atoms with E-state index in [0.717, 1.165) is 6.08 Å². The molecule has 0 aromatic rings. The highest BCUT2D eigenvalue weighted by Crippen LogP contribution is 2.41. The topological polar surface area (TPSA) is 127 Å². The Bertz CT molecular complexity index is 710. The monoisotopic (exact) mass is 336 g/mol. The smallest absolute Gasteiger partial charge is 0.215 e. The highest BCUT2D eigenvalue weighted by molar-refractivity contribution is 5.99. The summed E-state index contributed by atoms with van der Waals surface area (Å²) >= 11 is 0. The molecule has 0 spiro atoms. The van der Waals surface area contributed by atoms with Crippen LogP contribution in [0, 0.1) is 11.8 Å². The van der Waals surface area contributed by atoms with Crippen LogP contribution in [0.15, 0.2) is 46.8 Å². The van der Waals surface area contributed by atoms with E-state index in [-0.39, 0.29) is 23.5 Å². The molecule has 7 nitrogen and oxygen atoms in total. The molecule has 3 aliphatic rings. The minimum atomic E-state index is -1.14. The van der Waals surface area contributed by atoms with Crippen molar-refractivity contribution in [3.63, 3.8) is 0 Å². The van der Waals surface area contributed by atoms with Crippen molar-refractivity contribution in [3.8, 4) is 0 Å². The van der Waals surface area contributed by atoms with Crippen molar-refractivity contribution in [2.24, 2.45) is 11.8 Å². The fraction of sp³-hybridized carbons (Fsp3) is 0.471. The Balaban J connectivity index is 2.02. The molecule has 0 bridgehead atoms. The van der Waals surface area contributed by atoms with E-state index in [1.165, 1.54) is 12.2 Å². The molecule has 5 atom stereocenters. The number of fused-ring (bicyclic) bond motifs is 1.